The Kier molecular flexibility index (Phi) is 5.18. The van der Waals surface area contributed by atoms with Gasteiger partial charge in [-0.3, -0.25) is 9.48 Å². The third kappa shape index (κ3) is 4.50. The Balaban J connectivity index is 1.51. The lowest BCUT2D eigenvalue weighted by atomic mass is 10.2. The van der Waals surface area contributed by atoms with E-state index in [1.165, 1.54) is 5.56 Å². The number of furan rings is 1. The topological polar surface area (TPSA) is 69.3 Å². The summed E-state index contributed by atoms with van der Waals surface area (Å²) >= 11 is 0. The molecule has 0 spiro atoms. The van der Waals surface area contributed by atoms with Gasteiger partial charge in [-0.25, -0.2) is 0 Å². The molecule has 0 radical (unpaired) electrons. The van der Waals surface area contributed by atoms with Crippen LogP contribution in [0.2, 0.25) is 0 Å². The van der Waals surface area contributed by atoms with Crippen molar-refractivity contribution >= 4 is 5.91 Å². The first-order valence-corrected chi connectivity index (χ1v) is 8.20. The summed E-state index contributed by atoms with van der Waals surface area (Å²) in [4.78, 5) is 12.1. The van der Waals surface area contributed by atoms with Crippen molar-refractivity contribution in [2.24, 2.45) is 7.05 Å². The zero-order valence-corrected chi connectivity index (χ0v) is 14.4. The number of ether oxygens (including phenoxy) is 1. The zero-order chi connectivity index (χ0) is 17.6. The number of benzene rings is 1. The maximum atomic E-state index is 12.1. The van der Waals surface area contributed by atoms with Crippen LogP contribution < -0.4 is 10.1 Å². The minimum Gasteiger partial charge on any atom is -0.486 e. The Labute approximate surface area is 146 Å². The van der Waals surface area contributed by atoms with Gasteiger partial charge in [-0.05, 0) is 36.2 Å². The second-order valence-electron chi connectivity index (χ2n) is 5.76. The predicted octanol–water partition coefficient (Wildman–Crippen LogP) is 3.08. The van der Waals surface area contributed by atoms with Crippen molar-refractivity contribution in [1.29, 1.82) is 0 Å². The summed E-state index contributed by atoms with van der Waals surface area (Å²) in [5.74, 6) is 1.38. The number of hydrogen-bond acceptors (Lipinski definition) is 4. The number of amides is 1. The van der Waals surface area contributed by atoms with E-state index < -0.39 is 0 Å². The van der Waals surface area contributed by atoms with Gasteiger partial charge < -0.3 is 14.5 Å². The van der Waals surface area contributed by atoms with Gasteiger partial charge in [-0.1, -0.05) is 19.1 Å². The van der Waals surface area contributed by atoms with Crippen molar-refractivity contribution in [2.45, 2.75) is 26.5 Å². The standard InChI is InChI=1S/C19H21N3O3/c1-3-14-4-6-16(7-5-14)24-13-17-8-9-18(25-17)19(23)20-10-15-11-21-22(2)12-15/h4-9,11-12H,3,10,13H2,1-2H3,(H,20,23). The molecular formula is C19H21N3O3. The molecule has 3 aromatic rings. The maximum absolute atomic E-state index is 12.1. The third-order valence-corrected chi connectivity index (χ3v) is 3.81. The number of rotatable bonds is 7. The third-order valence-electron chi connectivity index (χ3n) is 3.81. The summed E-state index contributed by atoms with van der Waals surface area (Å²) in [5.41, 5.74) is 2.19. The monoisotopic (exact) mass is 339 g/mol. The molecule has 0 aliphatic carbocycles. The van der Waals surface area contributed by atoms with Crippen LogP contribution in [0.25, 0.3) is 0 Å². The second-order valence-corrected chi connectivity index (χ2v) is 5.76. The molecule has 0 fully saturated rings. The molecule has 25 heavy (non-hydrogen) atoms. The molecule has 0 aliphatic rings. The van der Waals surface area contributed by atoms with Crippen molar-refractivity contribution in [3.05, 3.63) is 71.4 Å². The highest BCUT2D eigenvalue weighted by Gasteiger charge is 2.11. The van der Waals surface area contributed by atoms with Crippen molar-refractivity contribution in [2.75, 3.05) is 0 Å². The Hall–Kier alpha value is -3.02. The van der Waals surface area contributed by atoms with E-state index in [0.29, 0.717) is 12.3 Å². The molecule has 0 bridgehead atoms. The Morgan fingerprint density at radius 1 is 1.20 bits per heavy atom. The molecule has 0 saturated carbocycles. The van der Waals surface area contributed by atoms with E-state index in [-0.39, 0.29) is 18.3 Å². The maximum Gasteiger partial charge on any atom is 0.287 e. The lowest BCUT2D eigenvalue weighted by Gasteiger charge is -2.05. The number of aromatic nitrogens is 2. The first kappa shape index (κ1) is 16.8. The van der Waals surface area contributed by atoms with Crippen LogP contribution in [-0.2, 0) is 26.6 Å². The van der Waals surface area contributed by atoms with Gasteiger partial charge >= 0.3 is 0 Å². The minimum absolute atomic E-state index is 0.262. The number of carbonyl (C=O) groups is 1. The summed E-state index contributed by atoms with van der Waals surface area (Å²) in [6.45, 7) is 2.80. The average molecular weight is 339 g/mol. The van der Waals surface area contributed by atoms with Gasteiger partial charge in [-0.15, -0.1) is 0 Å². The highest BCUT2D eigenvalue weighted by atomic mass is 16.5. The largest absolute Gasteiger partial charge is 0.486 e. The van der Waals surface area contributed by atoms with E-state index in [0.717, 1.165) is 17.7 Å². The summed E-state index contributed by atoms with van der Waals surface area (Å²) in [6.07, 6.45) is 4.56. The molecule has 130 valence electrons. The predicted molar refractivity (Wildman–Crippen MR) is 93.2 cm³/mol. The van der Waals surface area contributed by atoms with Crippen molar-refractivity contribution in [3.8, 4) is 5.75 Å². The van der Waals surface area contributed by atoms with Gasteiger partial charge in [0.05, 0.1) is 6.20 Å². The van der Waals surface area contributed by atoms with Crippen LogP contribution in [0.4, 0.5) is 0 Å². The quantitative estimate of drug-likeness (QED) is 0.718. The highest BCUT2D eigenvalue weighted by Crippen LogP contribution is 2.16. The van der Waals surface area contributed by atoms with E-state index >= 15 is 0 Å². The summed E-state index contributed by atoms with van der Waals surface area (Å²) < 4.78 is 12.9. The number of hydrogen-bond donors (Lipinski definition) is 1. The lowest BCUT2D eigenvalue weighted by Crippen LogP contribution is -2.22. The fourth-order valence-electron chi connectivity index (χ4n) is 2.39. The van der Waals surface area contributed by atoms with E-state index in [2.05, 4.69) is 17.3 Å². The lowest BCUT2D eigenvalue weighted by molar-refractivity contribution is 0.0919. The first-order chi connectivity index (χ1) is 12.1. The van der Waals surface area contributed by atoms with Crippen LogP contribution in [0.15, 0.2) is 53.2 Å². The van der Waals surface area contributed by atoms with E-state index in [1.807, 2.05) is 37.5 Å². The Bertz CT molecular complexity index is 834. The summed E-state index contributed by atoms with van der Waals surface area (Å²) in [7, 11) is 1.83. The first-order valence-electron chi connectivity index (χ1n) is 8.20. The van der Waals surface area contributed by atoms with Crippen LogP contribution in [-0.4, -0.2) is 15.7 Å². The van der Waals surface area contributed by atoms with Gasteiger partial charge in [0.15, 0.2) is 5.76 Å². The second kappa shape index (κ2) is 7.70. The summed E-state index contributed by atoms with van der Waals surface area (Å²) in [6, 6.07) is 11.3. The van der Waals surface area contributed by atoms with Crippen LogP contribution in [0.5, 0.6) is 5.75 Å². The number of nitrogens with one attached hydrogen (secondary N) is 1. The van der Waals surface area contributed by atoms with Gasteiger partial charge in [0.25, 0.3) is 5.91 Å². The van der Waals surface area contributed by atoms with Crippen molar-refractivity contribution in [1.82, 2.24) is 15.1 Å². The van der Waals surface area contributed by atoms with Crippen molar-refractivity contribution < 1.29 is 13.9 Å². The van der Waals surface area contributed by atoms with Crippen molar-refractivity contribution in [3.63, 3.8) is 0 Å². The molecular weight excluding hydrogens is 318 g/mol. The van der Waals surface area contributed by atoms with Gasteiger partial charge in [0.2, 0.25) is 0 Å². The molecule has 6 nitrogen and oxygen atoms in total. The molecule has 1 N–H and O–H groups in total. The highest BCUT2D eigenvalue weighted by molar-refractivity contribution is 5.91. The minimum atomic E-state index is -0.262. The Morgan fingerprint density at radius 2 is 2.00 bits per heavy atom. The average Bonchev–Trinajstić information content (AvgIpc) is 3.27. The molecule has 3 rings (SSSR count). The molecule has 0 saturated heterocycles. The van der Waals surface area contributed by atoms with E-state index in [1.54, 1.807) is 23.0 Å². The molecule has 0 atom stereocenters. The van der Waals surface area contributed by atoms with Gasteiger partial charge in [0, 0.05) is 25.4 Å². The normalized spacial score (nSPS) is 10.6. The smallest absolute Gasteiger partial charge is 0.287 e. The SMILES string of the molecule is CCc1ccc(OCc2ccc(C(=O)NCc3cnn(C)c3)o2)cc1. The van der Waals surface area contributed by atoms with Crippen LogP contribution >= 0.6 is 0 Å². The van der Waals surface area contributed by atoms with Crippen LogP contribution in [0.1, 0.15) is 34.4 Å². The van der Waals surface area contributed by atoms with Crippen LogP contribution in [0, 0.1) is 0 Å². The number of carbonyl (C=O) groups excluding carboxylic acids is 1. The molecule has 0 unspecified atom stereocenters. The molecule has 1 amide bonds. The summed E-state index contributed by atoms with van der Waals surface area (Å²) in [5, 5.41) is 6.86. The van der Waals surface area contributed by atoms with Crippen LogP contribution in [0.3, 0.4) is 0 Å². The van der Waals surface area contributed by atoms with Gasteiger partial charge in [0.1, 0.15) is 18.1 Å². The fraction of sp³-hybridized carbons (Fsp3) is 0.263. The fourth-order valence-corrected chi connectivity index (χ4v) is 2.39. The number of aryl methyl sites for hydroxylation is 2. The molecule has 2 aromatic heterocycles. The van der Waals surface area contributed by atoms with E-state index in [9.17, 15) is 4.79 Å². The zero-order valence-electron chi connectivity index (χ0n) is 14.4. The molecule has 6 heteroatoms. The van der Waals surface area contributed by atoms with Gasteiger partial charge in [-0.2, -0.15) is 5.10 Å². The van der Waals surface area contributed by atoms with E-state index in [4.69, 9.17) is 9.15 Å². The molecule has 2 heterocycles. The number of nitrogens with zero attached hydrogens (tertiary/aromatic N) is 2. The molecule has 0 aliphatic heterocycles. The Morgan fingerprint density at radius 3 is 2.68 bits per heavy atom. The molecule has 1 aromatic carbocycles.